The average molecular weight is 411 g/mol. The standard InChI is InChI=1S/C23H30N4O3/c1-15(2)21(26-23(30)24-18-11-7-6-8-12-18)22(29)27(5)14-20(28)25-19-13-9-10-16(3)17(19)4/h6-13,15,21H,14H2,1-5H3,(H,25,28)(H2,24,26,30). The van der Waals surface area contributed by atoms with Crippen LogP contribution in [0.15, 0.2) is 48.5 Å². The molecule has 30 heavy (non-hydrogen) atoms. The highest BCUT2D eigenvalue weighted by Crippen LogP contribution is 2.18. The summed E-state index contributed by atoms with van der Waals surface area (Å²) in [4.78, 5) is 39.0. The van der Waals surface area contributed by atoms with Gasteiger partial charge in [0.05, 0.1) is 6.54 Å². The number of nitrogens with zero attached hydrogens (tertiary/aromatic N) is 1. The van der Waals surface area contributed by atoms with Gasteiger partial charge < -0.3 is 20.9 Å². The minimum atomic E-state index is -0.757. The van der Waals surface area contributed by atoms with Crippen LogP contribution in [0, 0.1) is 19.8 Å². The van der Waals surface area contributed by atoms with Crippen molar-refractivity contribution in [1.29, 1.82) is 0 Å². The van der Waals surface area contributed by atoms with Crippen LogP contribution in [-0.4, -0.2) is 42.4 Å². The minimum absolute atomic E-state index is 0.114. The molecule has 0 heterocycles. The summed E-state index contributed by atoms with van der Waals surface area (Å²) in [5.41, 5.74) is 3.41. The van der Waals surface area contributed by atoms with Crippen molar-refractivity contribution in [2.24, 2.45) is 5.92 Å². The maximum atomic E-state index is 12.9. The molecule has 0 aliphatic rings. The van der Waals surface area contributed by atoms with Gasteiger partial charge in [-0.1, -0.05) is 44.2 Å². The number of amides is 4. The minimum Gasteiger partial charge on any atom is -0.335 e. The molecule has 1 unspecified atom stereocenters. The van der Waals surface area contributed by atoms with Crippen LogP contribution in [-0.2, 0) is 9.59 Å². The summed E-state index contributed by atoms with van der Waals surface area (Å²) in [5, 5.41) is 8.26. The summed E-state index contributed by atoms with van der Waals surface area (Å²) in [6, 6.07) is 13.4. The van der Waals surface area contributed by atoms with E-state index in [1.54, 1.807) is 19.2 Å². The van der Waals surface area contributed by atoms with Crippen LogP contribution >= 0.6 is 0 Å². The zero-order valence-electron chi connectivity index (χ0n) is 18.2. The van der Waals surface area contributed by atoms with E-state index in [2.05, 4.69) is 16.0 Å². The summed E-state index contributed by atoms with van der Waals surface area (Å²) in [7, 11) is 1.55. The fraction of sp³-hybridized carbons (Fsp3) is 0.348. The van der Waals surface area contributed by atoms with Crippen LogP contribution in [0.3, 0.4) is 0 Å². The summed E-state index contributed by atoms with van der Waals surface area (Å²) < 4.78 is 0. The third-order valence-corrected chi connectivity index (χ3v) is 4.89. The van der Waals surface area contributed by atoms with E-state index < -0.39 is 12.1 Å². The van der Waals surface area contributed by atoms with Gasteiger partial charge in [-0.15, -0.1) is 0 Å². The first-order valence-corrected chi connectivity index (χ1v) is 9.92. The lowest BCUT2D eigenvalue weighted by molar-refractivity contribution is -0.135. The molecular weight excluding hydrogens is 380 g/mol. The number of carbonyl (C=O) groups excluding carboxylic acids is 3. The van der Waals surface area contributed by atoms with Crippen molar-refractivity contribution in [2.75, 3.05) is 24.2 Å². The maximum Gasteiger partial charge on any atom is 0.319 e. The molecule has 4 amide bonds. The first-order valence-electron chi connectivity index (χ1n) is 9.92. The molecule has 0 saturated carbocycles. The van der Waals surface area contributed by atoms with Crippen LogP contribution in [0.25, 0.3) is 0 Å². The lowest BCUT2D eigenvalue weighted by Crippen LogP contribution is -2.52. The lowest BCUT2D eigenvalue weighted by Gasteiger charge is -2.27. The monoisotopic (exact) mass is 410 g/mol. The Morgan fingerprint density at radius 1 is 0.933 bits per heavy atom. The second-order valence-corrected chi connectivity index (χ2v) is 7.68. The van der Waals surface area contributed by atoms with Crippen LogP contribution in [0.1, 0.15) is 25.0 Å². The highest BCUT2D eigenvalue weighted by Gasteiger charge is 2.28. The number of carbonyl (C=O) groups is 3. The predicted octanol–water partition coefficient (Wildman–Crippen LogP) is 3.55. The number of aryl methyl sites for hydroxylation is 1. The molecule has 160 valence electrons. The molecule has 0 fully saturated rings. The smallest absolute Gasteiger partial charge is 0.319 e. The molecule has 7 nitrogen and oxygen atoms in total. The fourth-order valence-electron chi connectivity index (χ4n) is 2.95. The Kier molecular flexibility index (Phi) is 7.98. The molecule has 0 spiro atoms. The van der Waals surface area contributed by atoms with Crippen LogP contribution in [0.2, 0.25) is 0 Å². The normalized spacial score (nSPS) is 11.5. The van der Waals surface area contributed by atoms with E-state index in [0.29, 0.717) is 5.69 Å². The van der Waals surface area contributed by atoms with Gasteiger partial charge >= 0.3 is 6.03 Å². The fourth-order valence-corrected chi connectivity index (χ4v) is 2.95. The van der Waals surface area contributed by atoms with Gasteiger partial charge in [0.2, 0.25) is 11.8 Å². The number of hydrogen-bond donors (Lipinski definition) is 3. The quantitative estimate of drug-likeness (QED) is 0.652. The zero-order chi connectivity index (χ0) is 22.3. The highest BCUT2D eigenvalue weighted by atomic mass is 16.2. The van der Waals surface area contributed by atoms with Crippen molar-refractivity contribution in [2.45, 2.75) is 33.7 Å². The van der Waals surface area contributed by atoms with E-state index in [0.717, 1.165) is 16.8 Å². The molecule has 2 aromatic rings. The van der Waals surface area contributed by atoms with Crippen molar-refractivity contribution in [1.82, 2.24) is 10.2 Å². The van der Waals surface area contributed by atoms with E-state index in [1.165, 1.54) is 4.90 Å². The SMILES string of the molecule is Cc1cccc(NC(=O)CN(C)C(=O)C(NC(=O)Nc2ccccc2)C(C)C)c1C. The van der Waals surface area contributed by atoms with E-state index in [-0.39, 0.29) is 24.3 Å². The van der Waals surface area contributed by atoms with Crippen LogP contribution < -0.4 is 16.0 Å². The molecule has 3 N–H and O–H groups in total. The van der Waals surface area contributed by atoms with E-state index in [9.17, 15) is 14.4 Å². The highest BCUT2D eigenvalue weighted by molar-refractivity contribution is 5.97. The van der Waals surface area contributed by atoms with Crippen molar-refractivity contribution in [3.8, 4) is 0 Å². The maximum absolute atomic E-state index is 12.9. The Hall–Kier alpha value is -3.35. The lowest BCUT2D eigenvalue weighted by atomic mass is 10.0. The molecular formula is C23H30N4O3. The van der Waals surface area contributed by atoms with E-state index in [4.69, 9.17) is 0 Å². The van der Waals surface area contributed by atoms with Crippen molar-refractivity contribution in [3.63, 3.8) is 0 Å². The van der Waals surface area contributed by atoms with Crippen LogP contribution in [0.4, 0.5) is 16.2 Å². The molecule has 0 aliphatic heterocycles. The second kappa shape index (κ2) is 10.4. The zero-order valence-corrected chi connectivity index (χ0v) is 18.2. The van der Waals surface area contributed by atoms with Gasteiger partial charge in [0.1, 0.15) is 6.04 Å². The molecule has 0 aliphatic carbocycles. The van der Waals surface area contributed by atoms with Crippen molar-refractivity contribution >= 4 is 29.2 Å². The summed E-state index contributed by atoms with van der Waals surface area (Å²) >= 11 is 0. The molecule has 0 saturated heterocycles. The van der Waals surface area contributed by atoms with Gasteiger partial charge in [0.25, 0.3) is 0 Å². The van der Waals surface area contributed by atoms with Crippen LogP contribution in [0.5, 0.6) is 0 Å². The molecule has 2 aromatic carbocycles. The predicted molar refractivity (Wildman–Crippen MR) is 119 cm³/mol. The van der Waals surface area contributed by atoms with Gasteiger partial charge in [0.15, 0.2) is 0 Å². The number of para-hydroxylation sites is 1. The largest absolute Gasteiger partial charge is 0.335 e. The van der Waals surface area contributed by atoms with E-state index in [1.807, 2.05) is 64.1 Å². The third kappa shape index (κ3) is 6.34. The van der Waals surface area contributed by atoms with Gasteiger partial charge in [-0.25, -0.2) is 4.79 Å². The average Bonchev–Trinajstić information content (AvgIpc) is 2.69. The first-order chi connectivity index (χ1) is 14.2. The number of rotatable bonds is 7. The summed E-state index contributed by atoms with van der Waals surface area (Å²) in [6.45, 7) is 7.48. The Morgan fingerprint density at radius 3 is 2.23 bits per heavy atom. The topological polar surface area (TPSA) is 90.5 Å². The summed E-state index contributed by atoms with van der Waals surface area (Å²) in [5.74, 6) is -0.774. The number of hydrogen-bond acceptors (Lipinski definition) is 3. The number of nitrogens with one attached hydrogen (secondary N) is 3. The number of urea groups is 1. The van der Waals surface area contributed by atoms with E-state index >= 15 is 0 Å². The Bertz CT molecular complexity index is 897. The van der Waals surface area contributed by atoms with Gasteiger partial charge in [0, 0.05) is 18.4 Å². The number of benzene rings is 2. The Morgan fingerprint density at radius 2 is 1.60 bits per heavy atom. The first kappa shape index (κ1) is 22.9. The molecule has 7 heteroatoms. The third-order valence-electron chi connectivity index (χ3n) is 4.89. The molecule has 2 rings (SSSR count). The van der Waals surface area contributed by atoms with Gasteiger partial charge in [-0.05, 0) is 49.1 Å². The molecule has 1 atom stereocenters. The van der Waals surface area contributed by atoms with Gasteiger partial charge in [-0.3, -0.25) is 9.59 Å². The number of anilines is 2. The molecule has 0 radical (unpaired) electrons. The van der Waals surface area contributed by atoms with Crippen molar-refractivity contribution in [3.05, 3.63) is 59.7 Å². The second-order valence-electron chi connectivity index (χ2n) is 7.68. The van der Waals surface area contributed by atoms with Crippen molar-refractivity contribution < 1.29 is 14.4 Å². The Balaban J connectivity index is 1.97. The molecule has 0 aromatic heterocycles. The molecule has 0 bridgehead atoms. The number of likely N-dealkylation sites (N-methyl/N-ethyl adjacent to an activating group) is 1. The Labute approximate surface area is 177 Å². The summed E-state index contributed by atoms with van der Waals surface area (Å²) in [6.07, 6.45) is 0. The van der Waals surface area contributed by atoms with Gasteiger partial charge in [-0.2, -0.15) is 0 Å².